The van der Waals surface area contributed by atoms with Gasteiger partial charge in [0.15, 0.2) is 12.0 Å². The molecule has 0 unspecified atom stereocenters. The van der Waals surface area contributed by atoms with Crippen molar-refractivity contribution in [1.82, 2.24) is 14.5 Å². The Hall–Kier alpha value is -1.74. The number of ether oxygens (including phenoxy) is 3. The number of nitrogens with zero attached hydrogens (tertiary/aromatic N) is 3. The van der Waals surface area contributed by atoms with E-state index < -0.39 is 5.79 Å². The Bertz CT molecular complexity index is 731. The predicted octanol–water partition coefficient (Wildman–Crippen LogP) is 0.849. The van der Waals surface area contributed by atoms with Crippen LogP contribution >= 0.6 is 0 Å². The summed E-state index contributed by atoms with van der Waals surface area (Å²) in [6.45, 7) is 4.20. The molecule has 0 bridgehead atoms. The van der Waals surface area contributed by atoms with E-state index in [-0.39, 0.29) is 24.5 Å². The maximum atomic E-state index is 6.10. The molecule has 4 heterocycles. The van der Waals surface area contributed by atoms with E-state index in [0.717, 1.165) is 16.9 Å². The molecule has 2 aromatic rings. The van der Waals surface area contributed by atoms with Gasteiger partial charge in [0.1, 0.15) is 36.1 Å². The Balaban J connectivity index is 1.76. The quantitative estimate of drug-likeness (QED) is 0.865. The molecule has 2 saturated heterocycles. The number of nitrogens with two attached hydrogens (primary N) is 1. The molecule has 0 radical (unpaired) electrons. The van der Waals surface area contributed by atoms with E-state index in [2.05, 4.69) is 15.3 Å². The number of fused-ring (bicyclic) bond motifs is 2. The second kappa shape index (κ2) is 5.13. The van der Waals surface area contributed by atoms with Crippen molar-refractivity contribution in [2.45, 2.75) is 44.2 Å². The maximum absolute atomic E-state index is 6.10. The highest BCUT2D eigenvalue weighted by Crippen LogP contribution is 2.43. The van der Waals surface area contributed by atoms with Crippen LogP contribution in [0.15, 0.2) is 18.6 Å². The van der Waals surface area contributed by atoms with Crippen LogP contribution in [-0.4, -0.2) is 52.2 Å². The normalized spacial score (nSPS) is 32.3. The topological polar surface area (TPSA) is 96.5 Å². The van der Waals surface area contributed by atoms with Crippen LogP contribution in [0.5, 0.6) is 0 Å². The molecule has 0 aliphatic carbocycles. The van der Waals surface area contributed by atoms with E-state index in [4.69, 9.17) is 19.9 Å². The molecule has 0 aromatic carbocycles. The molecular weight excluding hydrogens is 298 g/mol. The Kier molecular flexibility index (Phi) is 3.31. The molecular formula is C15H21N5O3. The van der Waals surface area contributed by atoms with Gasteiger partial charge in [0, 0.05) is 19.8 Å². The van der Waals surface area contributed by atoms with E-state index >= 15 is 0 Å². The van der Waals surface area contributed by atoms with E-state index in [1.807, 2.05) is 37.7 Å². The first kappa shape index (κ1) is 14.8. The van der Waals surface area contributed by atoms with Crippen LogP contribution in [0.3, 0.4) is 0 Å². The summed E-state index contributed by atoms with van der Waals surface area (Å²) < 4.78 is 20.1. The van der Waals surface area contributed by atoms with E-state index in [1.165, 1.54) is 6.33 Å². The number of rotatable bonds is 3. The molecule has 4 atom stereocenters. The van der Waals surface area contributed by atoms with Gasteiger partial charge >= 0.3 is 0 Å². The fourth-order valence-corrected chi connectivity index (χ4v) is 3.45. The monoisotopic (exact) mass is 319 g/mol. The third-order valence-electron chi connectivity index (χ3n) is 4.38. The second-order valence-corrected chi connectivity index (χ2v) is 6.30. The summed E-state index contributed by atoms with van der Waals surface area (Å²) in [7, 11) is 1.84. The number of nitrogens with one attached hydrogen (secondary N) is 1. The van der Waals surface area contributed by atoms with Gasteiger partial charge in [0.2, 0.25) is 0 Å². The Morgan fingerprint density at radius 2 is 2.09 bits per heavy atom. The van der Waals surface area contributed by atoms with Crippen molar-refractivity contribution < 1.29 is 14.2 Å². The minimum Gasteiger partial charge on any atom is -0.372 e. The summed E-state index contributed by atoms with van der Waals surface area (Å²) in [6.07, 6.45) is 2.55. The first-order valence-electron chi connectivity index (χ1n) is 7.74. The molecule has 8 nitrogen and oxygen atoms in total. The minimum atomic E-state index is -0.640. The van der Waals surface area contributed by atoms with Crippen LogP contribution in [0.4, 0.5) is 5.82 Å². The average molecular weight is 319 g/mol. The van der Waals surface area contributed by atoms with Gasteiger partial charge in [-0.05, 0) is 19.9 Å². The van der Waals surface area contributed by atoms with Gasteiger partial charge in [0.05, 0.1) is 5.39 Å². The zero-order valence-corrected chi connectivity index (χ0v) is 13.4. The van der Waals surface area contributed by atoms with Crippen molar-refractivity contribution in [1.29, 1.82) is 0 Å². The van der Waals surface area contributed by atoms with Crippen LogP contribution in [-0.2, 0) is 14.2 Å². The lowest BCUT2D eigenvalue weighted by atomic mass is 10.1. The molecule has 0 saturated carbocycles. The highest BCUT2D eigenvalue weighted by Gasteiger charge is 2.55. The van der Waals surface area contributed by atoms with E-state index in [1.54, 1.807) is 0 Å². The predicted molar refractivity (Wildman–Crippen MR) is 83.9 cm³/mol. The molecule has 3 N–H and O–H groups in total. The molecule has 2 fully saturated rings. The lowest BCUT2D eigenvalue weighted by Crippen LogP contribution is -2.34. The lowest BCUT2D eigenvalue weighted by Gasteiger charge is -2.24. The van der Waals surface area contributed by atoms with Gasteiger partial charge in [-0.3, -0.25) is 0 Å². The summed E-state index contributed by atoms with van der Waals surface area (Å²) in [6, 6.07) is 1.97. The van der Waals surface area contributed by atoms with Crippen molar-refractivity contribution in [2.75, 3.05) is 18.9 Å². The van der Waals surface area contributed by atoms with Gasteiger partial charge in [0.25, 0.3) is 0 Å². The largest absolute Gasteiger partial charge is 0.372 e. The highest BCUT2D eigenvalue weighted by atomic mass is 16.8. The molecule has 4 rings (SSSR count). The summed E-state index contributed by atoms with van der Waals surface area (Å²) >= 11 is 0. The number of anilines is 1. The summed E-state index contributed by atoms with van der Waals surface area (Å²) in [5.41, 5.74) is 6.64. The summed E-state index contributed by atoms with van der Waals surface area (Å²) in [4.78, 5) is 8.63. The lowest BCUT2D eigenvalue weighted by molar-refractivity contribution is -0.195. The van der Waals surface area contributed by atoms with Crippen LogP contribution in [0.1, 0.15) is 20.1 Å². The van der Waals surface area contributed by atoms with Gasteiger partial charge < -0.3 is 29.8 Å². The summed E-state index contributed by atoms with van der Waals surface area (Å²) in [5.74, 6) is 0.140. The second-order valence-electron chi connectivity index (χ2n) is 6.30. The van der Waals surface area contributed by atoms with Gasteiger partial charge in [-0.25, -0.2) is 9.97 Å². The van der Waals surface area contributed by atoms with Crippen molar-refractivity contribution in [3.05, 3.63) is 18.6 Å². The SMILES string of the molecule is CNc1ncnc2c1ccn2[C@@H]1O[C@H](CN)[C@H]2OC(C)(C)O[C@H]21. The number of hydrogen-bond donors (Lipinski definition) is 2. The zero-order chi connectivity index (χ0) is 16.2. The fourth-order valence-electron chi connectivity index (χ4n) is 3.45. The molecule has 2 aromatic heterocycles. The van der Waals surface area contributed by atoms with Crippen LogP contribution in [0.25, 0.3) is 11.0 Å². The first-order chi connectivity index (χ1) is 11.0. The van der Waals surface area contributed by atoms with Gasteiger partial charge in [-0.2, -0.15) is 0 Å². The third-order valence-corrected chi connectivity index (χ3v) is 4.38. The number of hydrogen-bond acceptors (Lipinski definition) is 7. The van der Waals surface area contributed by atoms with Crippen LogP contribution < -0.4 is 11.1 Å². The molecule has 8 heteroatoms. The number of aromatic nitrogens is 3. The average Bonchev–Trinajstić information content (AvgIpc) is 3.17. The van der Waals surface area contributed by atoms with Gasteiger partial charge in [-0.1, -0.05) is 0 Å². The van der Waals surface area contributed by atoms with Gasteiger partial charge in [-0.15, -0.1) is 0 Å². The standard InChI is InChI=1S/C15H21N5O3/c1-15(2)22-10-9(6-16)21-14(11(10)23-15)20-5-4-8-12(17-3)18-7-19-13(8)20/h4-5,7,9-11,14H,6,16H2,1-3H3,(H,17,18,19)/t9-,10-,11-,14-/m1/s1. The van der Waals surface area contributed by atoms with E-state index in [9.17, 15) is 0 Å². The highest BCUT2D eigenvalue weighted by molar-refractivity contribution is 5.87. The Morgan fingerprint density at radius 3 is 2.83 bits per heavy atom. The Morgan fingerprint density at radius 1 is 1.30 bits per heavy atom. The fraction of sp³-hybridized carbons (Fsp3) is 0.600. The van der Waals surface area contributed by atoms with E-state index in [0.29, 0.717) is 6.54 Å². The minimum absolute atomic E-state index is 0.178. The summed E-state index contributed by atoms with van der Waals surface area (Å²) in [5, 5.41) is 4.01. The molecule has 0 spiro atoms. The van der Waals surface area contributed by atoms with Crippen molar-refractivity contribution in [2.24, 2.45) is 5.73 Å². The molecule has 23 heavy (non-hydrogen) atoms. The molecule has 2 aliphatic heterocycles. The molecule has 124 valence electrons. The van der Waals surface area contributed by atoms with Crippen LogP contribution in [0.2, 0.25) is 0 Å². The van der Waals surface area contributed by atoms with Crippen molar-refractivity contribution >= 4 is 16.9 Å². The van der Waals surface area contributed by atoms with Crippen molar-refractivity contribution in [3.8, 4) is 0 Å². The maximum Gasteiger partial charge on any atom is 0.164 e. The molecule has 0 amide bonds. The van der Waals surface area contributed by atoms with Crippen molar-refractivity contribution in [3.63, 3.8) is 0 Å². The Labute approximate surface area is 133 Å². The van der Waals surface area contributed by atoms with Crippen LogP contribution in [0, 0.1) is 0 Å². The third kappa shape index (κ3) is 2.21. The molecule has 2 aliphatic rings. The smallest absolute Gasteiger partial charge is 0.164 e. The zero-order valence-electron chi connectivity index (χ0n) is 13.4. The first-order valence-corrected chi connectivity index (χ1v) is 7.74.